The first-order valence-electron chi connectivity index (χ1n) is 9.32. The molecule has 0 saturated heterocycles. The van der Waals surface area contributed by atoms with Crippen molar-refractivity contribution in [1.29, 1.82) is 0 Å². The van der Waals surface area contributed by atoms with Gasteiger partial charge in [-0.1, -0.05) is 38.8 Å². The molecule has 0 aliphatic heterocycles. The number of hydrogen-bond donors (Lipinski definition) is 4. The van der Waals surface area contributed by atoms with Crippen LogP contribution in [0.5, 0.6) is 0 Å². The van der Waals surface area contributed by atoms with E-state index in [9.17, 15) is 13.2 Å². The molecule has 4 N–H and O–H groups in total. The SMILES string of the molecule is C=CCNS(=O)(=O)c1cccc(C(=O)NNC(=S)N[C@@H]2CCC[C@H](C)[C@H]2C)c1. The van der Waals surface area contributed by atoms with Crippen LogP contribution in [0, 0.1) is 11.8 Å². The van der Waals surface area contributed by atoms with Crippen molar-refractivity contribution in [3.8, 4) is 0 Å². The lowest BCUT2D eigenvalue weighted by atomic mass is 9.78. The minimum absolute atomic E-state index is 0.00715. The first-order valence-corrected chi connectivity index (χ1v) is 11.2. The molecular formula is C19H28N4O3S2. The third kappa shape index (κ3) is 6.02. The van der Waals surface area contributed by atoms with Gasteiger partial charge in [0.1, 0.15) is 0 Å². The van der Waals surface area contributed by atoms with Crippen LogP contribution in [0.4, 0.5) is 0 Å². The second-order valence-electron chi connectivity index (χ2n) is 7.09. The van der Waals surface area contributed by atoms with Crippen molar-refractivity contribution in [2.24, 2.45) is 11.8 Å². The van der Waals surface area contributed by atoms with E-state index < -0.39 is 15.9 Å². The minimum Gasteiger partial charge on any atom is -0.358 e. The van der Waals surface area contributed by atoms with Crippen molar-refractivity contribution in [2.75, 3.05) is 6.54 Å². The lowest BCUT2D eigenvalue weighted by Gasteiger charge is -2.35. The fourth-order valence-electron chi connectivity index (χ4n) is 3.23. The van der Waals surface area contributed by atoms with Crippen LogP contribution in [0.15, 0.2) is 41.8 Å². The topological polar surface area (TPSA) is 99.3 Å². The Bertz CT molecular complexity index is 826. The Morgan fingerprint density at radius 1 is 1.29 bits per heavy atom. The molecule has 0 aromatic heterocycles. The van der Waals surface area contributed by atoms with E-state index in [4.69, 9.17) is 12.2 Å². The normalized spacial score (nSPS) is 22.1. The third-order valence-corrected chi connectivity index (χ3v) is 6.78. The van der Waals surface area contributed by atoms with Crippen LogP contribution in [0.1, 0.15) is 43.5 Å². The summed E-state index contributed by atoms with van der Waals surface area (Å²) in [6.45, 7) is 8.03. The lowest BCUT2D eigenvalue weighted by Crippen LogP contribution is -2.52. The highest BCUT2D eigenvalue weighted by Gasteiger charge is 2.27. The number of thiocarbonyl (C=S) groups is 1. The molecule has 1 aromatic carbocycles. The third-order valence-electron chi connectivity index (χ3n) is 5.14. The number of nitrogens with one attached hydrogen (secondary N) is 4. The van der Waals surface area contributed by atoms with Crippen LogP contribution in [-0.4, -0.2) is 32.0 Å². The zero-order chi connectivity index (χ0) is 20.7. The van der Waals surface area contributed by atoms with Gasteiger partial charge in [0.2, 0.25) is 10.0 Å². The smallest absolute Gasteiger partial charge is 0.269 e. The summed E-state index contributed by atoms with van der Waals surface area (Å²) in [4.78, 5) is 12.4. The van der Waals surface area contributed by atoms with E-state index in [1.807, 2.05) is 0 Å². The van der Waals surface area contributed by atoms with E-state index in [-0.39, 0.29) is 23.0 Å². The molecule has 2 rings (SSSR count). The van der Waals surface area contributed by atoms with Crippen LogP contribution in [0.25, 0.3) is 0 Å². The van der Waals surface area contributed by atoms with E-state index in [1.54, 1.807) is 0 Å². The molecular weight excluding hydrogens is 396 g/mol. The Kier molecular flexibility index (Phi) is 7.97. The van der Waals surface area contributed by atoms with Gasteiger partial charge in [-0.3, -0.25) is 15.6 Å². The molecule has 7 nitrogen and oxygen atoms in total. The number of sulfonamides is 1. The van der Waals surface area contributed by atoms with Crippen molar-refractivity contribution in [1.82, 2.24) is 20.9 Å². The lowest BCUT2D eigenvalue weighted by molar-refractivity contribution is 0.0943. The van der Waals surface area contributed by atoms with E-state index in [1.165, 1.54) is 36.8 Å². The molecule has 154 valence electrons. The second kappa shape index (κ2) is 9.99. The Hall–Kier alpha value is -1.97. The average molecular weight is 425 g/mol. The summed E-state index contributed by atoms with van der Waals surface area (Å²) in [7, 11) is -3.70. The first kappa shape index (κ1) is 22.3. The summed E-state index contributed by atoms with van der Waals surface area (Å²) in [5, 5.41) is 3.60. The van der Waals surface area contributed by atoms with Gasteiger partial charge in [0.15, 0.2) is 5.11 Å². The zero-order valence-electron chi connectivity index (χ0n) is 16.2. The number of hydrogen-bond acceptors (Lipinski definition) is 4. The maximum atomic E-state index is 12.4. The number of carbonyl (C=O) groups is 1. The van der Waals surface area contributed by atoms with Gasteiger partial charge >= 0.3 is 0 Å². The average Bonchev–Trinajstić information content (AvgIpc) is 2.68. The molecule has 0 spiro atoms. The largest absolute Gasteiger partial charge is 0.358 e. The number of hydrazine groups is 1. The van der Waals surface area contributed by atoms with Crippen molar-refractivity contribution in [2.45, 2.75) is 44.0 Å². The van der Waals surface area contributed by atoms with Crippen LogP contribution in [0.2, 0.25) is 0 Å². The summed E-state index contributed by atoms with van der Waals surface area (Å²) >= 11 is 5.28. The summed E-state index contributed by atoms with van der Waals surface area (Å²) in [5.74, 6) is 0.646. The van der Waals surface area contributed by atoms with Crippen LogP contribution < -0.4 is 20.9 Å². The molecule has 0 heterocycles. The molecule has 0 radical (unpaired) electrons. The molecule has 1 aliphatic carbocycles. The second-order valence-corrected chi connectivity index (χ2v) is 9.27. The van der Waals surface area contributed by atoms with Gasteiger partial charge in [-0.25, -0.2) is 13.1 Å². The van der Waals surface area contributed by atoms with Gasteiger partial charge in [-0.2, -0.15) is 0 Å². The van der Waals surface area contributed by atoms with Crippen molar-refractivity contribution in [3.05, 3.63) is 42.5 Å². The fourth-order valence-corrected chi connectivity index (χ4v) is 4.48. The molecule has 1 amide bonds. The summed E-state index contributed by atoms with van der Waals surface area (Å²) in [5.41, 5.74) is 5.42. The highest BCUT2D eigenvalue weighted by molar-refractivity contribution is 7.89. The van der Waals surface area contributed by atoms with E-state index >= 15 is 0 Å². The monoisotopic (exact) mass is 424 g/mol. The Balaban J connectivity index is 1.93. The van der Waals surface area contributed by atoms with Crippen molar-refractivity contribution >= 4 is 33.3 Å². The molecule has 28 heavy (non-hydrogen) atoms. The van der Waals surface area contributed by atoms with Crippen LogP contribution in [-0.2, 0) is 10.0 Å². The number of rotatable bonds is 6. The summed E-state index contributed by atoms with van der Waals surface area (Å²) in [6, 6.07) is 6.05. The van der Waals surface area contributed by atoms with Crippen molar-refractivity contribution < 1.29 is 13.2 Å². The fraction of sp³-hybridized carbons (Fsp3) is 0.474. The Morgan fingerprint density at radius 2 is 2.04 bits per heavy atom. The van der Waals surface area contributed by atoms with E-state index in [0.717, 1.165) is 12.8 Å². The van der Waals surface area contributed by atoms with Gasteiger partial charge in [-0.05, 0) is 48.7 Å². The van der Waals surface area contributed by atoms with Gasteiger partial charge in [0.05, 0.1) is 4.90 Å². The summed E-state index contributed by atoms with van der Waals surface area (Å²) < 4.78 is 26.7. The predicted octanol–water partition coefficient (Wildman–Crippen LogP) is 2.08. The maximum Gasteiger partial charge on any atom is 0.269 e. The molecule has 1 saturated carbocycles. The molecule has 1 aliphatic rings. The standard InChI is InChI=1S/C19H28N4O3S2/c1-4-11-20-28(25,26)16-9-6-8-15(12-16)18(24)22-23-19(27)21-17-10-5-7-13(2)14(17)3/h4,6,8-9,12-14,17,20H,1,5,7,10-11H2,2-3H3,(H,22,24)(H2,21,23,27)/t13-,14+,17+/m0/s1. The number of amides is 1. The number of carbonyl (C=O) groups excluding carboxylic acids is 1. The molecule has 1 fully saturated rings. The highest BCUT2D eigenvalue weighted by Crippen LogP contribution is 2.29. The number of benzene rings is 1. The molecule has 9 heteroatoms. The Labute approximate surface area is 172 Å². The van der Waals surface area contributed by atoms with Crippen LogP contribution in [0.3, 0.4) is 0 Å². The van der Waals surface area contributed by atoms with E-state index in [2.05, 4.69) is 41.3 Å². The van der Waals surface area contributed by atoms with Crippen LogP contribution >= 0.6 is 12.2 Å². The maximum absolute atomic E-state index is 12.4. The predicted molar refractivity (Wildman–Crippen MR) is 114 cm³/mol. The zero-order valence-corrected chi connectivity index (χ0v) is 17.8. The Morgan fingerprint density at radius 3 is 2.75 bits per heavy atom. The quantitative estimate of drug-likeness (QED) is 0.317. The molecule has 3 atom stereocenters. The van der Waals surface area contributed by atoms with Gasteiger partial charge < -0.3 is 5.32 Å². The first-order chi connectivity index (χ1) is 13.2. The summed E-state index contributed by atoms with van der Waals surface area (Å²) in [6.07, 6.45) is 4.86. The molecule has 0 bridgehead atoms. The van der Waals surface area contributed by atoms with Crippen molar-refractivity contribution in [3.63, 3.8) is 0 Å². The van der Waals surface area contributed by atoms with E-state index in [0.29, 0.717) is 16.9 Å². The van der Waals surface area contributed by atoms with Gasteiger partial charge in [0, 0.05) is 18.2 Å². The molecule has 1 aromatic rings. The van der Waals surface area contributed by atoms with Gasteiger partial charge in [0.25, 0.3) is 5.91 Å². The highest BCUT2D eigenvalue weighted by atomic mass is 32.2. The minimum atomic E-state index is -3.70. The molecule has 0 unspecified atom stereocenters. The van der Waals surface area contributed by atoms with Gasteiger partial charge in [-0.15, -0.1) is 6.58 Å².